The van der Waals surface area contributed by atoms with Crippen LogP contribution >= 0.6 is 24.0 Å². The predicted octanol–water partition coefficient (Wildman–Crippen LogP) is 3.17. The number of hydrogen-bond acceptors (Lipinski definition) is 8. The number of carbonyl (C=O) groups excluding carboxylic acids is 3. The molecular weight excluding hydrogens is 407 g/mol. The summed E-state index contributed by atoms with van der Waals surface area (Å²) < 4.78 is 28.2. The lowest BCUT2D eigenvalue weighted by Crippen LogP contribution is -2.61. The summed E-state index contributed by atoms with van der Waals surface area (Å²) in [5, 5.41) is -0.671. The van der Waals surface area contributed by atoms with Crippen LogP contribution in [0.3, 0.4) is 0 Å². The third-order valence-electron chi connectivity index (χ3n) is 4.70. The number of thiocarbonyl (C=S) groups is 1. The molecule has 2 atom stereocenters. The predicted molar refractivity (Wildman–Crippen MR) is 106 cm³/mol. The van der Waals surface area contributed by atoms with Crippen LogP contribution in [0.5, 0.6) is 0 Å². The fourth-order valence-electron chi connectivity index (χ4n) is 3.35. The molecule has 0 saturated heterocycles. The van der Waals surface area contributed by atoms with Gasteiger partial charge < -0.3 is 14.2 Å². The van der Waals surface area contributed by atoms with Crippen molar-refractivity contribution < 1.29 is 33.0 Å². The molecule has 0 aliphatic heterocycles. The second kappa shape index (κ2) is 9.47. The summed E-state index contributed by atoms with van der Waals surface area (Å²) in [7, 11) is 2.37. The van der Waals surface area contributed by atoms with Crippen LogP contribution in [-0.4, -0.2) is 48.2 Å². The van der Waals surface area contributed by atoms with Crippen LogP contribution in [0.15, 0.2) is 24.3 Å². The number of rotatable bonds is 7. The topological polar surface area (TPSA) is 78.9 Å². The van der Waals surface area contributed by atoms with Gasteiger partial charge in [-0.1, -0.05) is 11.8 Å². The highest BCUT2D eigenvalue weighted by atomic mass is 32.2. The van der Waals surface area contributed by atoms with Crippen molar-refractivity contribution in [2.75, 3.05) is 20.8 Å². The highest BCUT2D eigenvalue weighted by Gasteiger charge is 2.66. The van der Waals surface area contributed by atoms with Gasteiger partial charge in [-0.25, -0.2) is 4.39 Å². The summed E-state index contributed by atoms with van der Waals surface area (Å²) in [4.78, 5) is 37.5. The highest BCUT2D eigenvalue weighted by Crippen LogP contribution is 2.56. The van der Waals surface area contributed by atoms with E-state index in [9.17, 15) is 18.8 Å². The van der Waals surface area contributed by atoms with E-state index in [1.807, 2.05) is 0 Å². The Morgan fingerprint density at radius 3 is 2.25 bits per heavy atom. The maximum atomic E-state index is 13.1. The molecular formula is C19H21FO6S2. The Balaban J connectivity index is 2.26. The number of thioether (sulfide) groups is 1. The average molecular weight is 429 g/mol. The third-order valence-corrected chi connectivity index (χ3v) is 6.45. The molecule has 0 aromatic heterocycles. The molecule has 6 nitrogen and oxygen atoms in total. The molecule has 1 aliphatic carbocycles. The monoisotopic (exact) mass is 428 g/mol. The van der Waals surface area contributed by atoms with Gasteiger partial charge in [0.05, 0.1) is 20.8 Å². The second-order valence-electron chi connectivity index (χ2n) is 6.27. The van der Waals surface area contributed by atoms with E-state index in [2.05, 4.69) is 0 Å². The van der Waals surface area contributed by atoms with E-state index >= 15 is 0 Å². The first-order valence-electron chi connectivity index (χ1n) is 8.59. The number of benzene rings is 1. The number of Topliss-reactive ketones (excluding diaryl/α,β-unsaturated/α-hetero) is 1. The van der Waals surface area contributed by atoms with Crippen molar-refractivity contribution in [2.45, 2.75) is 25.0 Å². The van der Waals surface area contributed by atoms with Crippen LogP contribution in [0.4, 0.5) is 4.39 Å². The largest absolute Gasteiger partial charge is 0.479 e. The molecule has 1 aliphatic rings. The molecule has 1 fully saturated rings. The minimum atomic E-state index is -1.55. The van der Waals surface area contributed by atoms with Gasteiger partial charge in [-0.2, -0.15) is 0 Å². The molecule has 2 rings (SSSR count). The normalized spacial score (nSPS) is 19.9. The SMILES string of the molecule is CCOC(=S)S[C@H]1[C@H](CC(=O)c2ccc(F)cc2)CC1(C(=O)OC)C(=O)OC. The first kappa shape index (κ1) is 22.3. The third kappa shape index (κ3) is 4.35. The van der Waals surface area contributed by atoms with Gasteiger partial charge in [0, 0.05) is 17.2 Å². The molecule has 0 heterocycles. The lowest BCUT2D eigenvalue weighted by Gasteiger charge is -2.49. The van der Waals surface area contributed by atoms with E-state index in [-0.39, 0.29) is 28.9 Å². The number of methoxy groups -OCH3 is 2. The Morgan fingerprint density at radius 1 is 1.18 bits per heavy atom. The standard InChI is InChI=1S/C19H21FO6S2/c1-4-26-18(27)28-15-12(9-14(21)11-5-7-13(20)8-6-11)10-19(15,16(22)24-2)17(23)25-3/h5-8,12,15H,4,9-10H2,1-3H3/t12-,15+/m1/s1. The van der Waals surface area contributed by atoms with Gasteiger partial charge in [-0.3, -0.25) is 14.4 Å². The molecule has 1 aromatic carbocycles. The van der Waals surface area contributed by atoms with Gasteiger partial charge in [0.1, 0.15) is 5.82 Å². The first-order valence-corrected chi connectivity index (χ1v) is 9.87. The zero-order valence-electron chi connectivity index (χ0n) is 15.7. The van der Waals surface area contributed by atoms with Gasteiger partial charge in [-0.15, -0.1) is 0 Å². The quantitative estimate of drug-likeness (QED) is 0.284. The summed E-state index contributed by atoms with van der Waals surface area (Å²) >= 11 is 6.21. The van der Waals surface area contributed by atoms with E-state index in [1.165, 1.54) is 38.5 Å². The van der Waals surface area contributed by atoms with E-state index in [1.54, 1.807) is 6.92 Å². The molecule has 9 heteroatoms. The van der Waals surface area contributed by atoms with Crippen molar-refractivity contribution in [1.82, 2.24) is 0 Å². The van der Waals surface area contributed by atoms with Gasteiger partial charge >= 0.3 is 11.9 Å². The second-order valence-corrected chi connectivity index (χ2v) is 8.02. The van der Waals surface area contributed by atoms with Crippen LogP contribution in [0.25, 0.3) is 0 Å². The van der Waals surface area contributed by atoms with Gasteiger partial charge in [0.2, 0.25) is 4.38 Å². The minimum Gasteiger partial charge on any atom is -0.479 e. The van der Waals surface area contributed by atoms with E-state index in [4.69, 9.17) is 26.4 Å². The van der Waals surface area contributed by atoms with E-state index in [0.29, 0.717) is 12.2 Å². The summed E-state index contributed by atoms with van der Waals surface area (Å²) in [6, 6.07) is 5.21. The first-order chi connectivity index (χ1) is 13.3. The number of carbonyl (C=O) groups is 3. The van der Waals surface area contributed by atoms with E-state index in [0.717, 1.165) is 11.8 Å². The molecule has 0 N–H and O–H groups in total. The number of ketones is 1. The maximum Gasteiger partial charge on any atom is 0.324 e. The number of ether oxygens (including phenoxy) is 3. The minimum absolute atomic E-state index is 0.0633. The van der Waals surface area contributed by atoms with Crippen LogP contribution in [0.1, 0.15) is 30.1 Å². The van der Waals surface area contributed by atoms with Crippen LogP contribution < -0.4 is 0 Å². The molecule has 152 valence electrons. The lowest BCUT2D eigenvalue weighted by molar-refractivity contribution is -0.178. The lowest BCUT2D eigenvalue weighted by atomic mass is 9.59. The van der Waals surface area contributed by atoms with Crippen LogP contribution in [-0.2, 0) is 23.8 Å². The number of hydrogen-bond donors (Lipinski definition) is 0. The molecule has 28 heavy (non-hydrogen) atoms. The van der Waals surface area contributed by atoms with Crippen molar-refractivity contribution in [3.05, 3.63) is 35.6 Å². The summed E-state index contributed by atoms with van der Waals surface area (Å²) in [5.74, 6) is -2.46. The van der Waals surface area contributed by atoms with Gasteiger partial charge in [0.15, 0.2) is 11.2 Å². The average Bonchev–Trinajstić information content (AvgIpc) is 2.68. The van der Waals surface area contributed by atoms with Crippen LogP contribution in [0, 0.1) is 17.2 Å². The summed E-state index contributed by atoms with van der Waals surface area (Å²) in [6.45, 7) is 2.10. The van der Waals surface area contributed by atoms with Crippen molar-refractivity contribution in [3.63, 3.8) is 0 Å². The van der Waals surface area contributed by atoms with Gasteiger partial charge in [-0.05, 0) is 55.7 Å². The van der Waals surface area contributed by atoms with Gasteiger partial charge in [0.25, 0.3) is 0 Å². The molecule has 0 unspecified atom stereocenters. The molecule has 1 saturated carbocycles. The van der Waals surface area contributed by atoms with Crippen LogP contribution in [0.2, 0.25) is 0 Å². The van der Waals surface area contributed by atoms with Crippen molar-refractivity contribution in [1.29, 1.82) is 0 Å². The zero-order chi connectivity index (χ0) is 20.9. The number of halogens is 1. The highest BCUT2D eigenvalue weighted by molar-refractivity contribution is 8.23. The van der Waals surface area contributed by atoms with Crippen molar-refractivity contribution >= 4 is 46.1 Å². The van der Waals surface area contributed by atoms with Crippen molar-refractivity contribution in [3.8, 4) is 0 Å². The zero-order valence-corrected chi connectivity index (χ0v) is 17.4. The molecule has 0 bridgehead atoms. The Hall–Kier alpha value is -2.00. The Kier molecular flexibility index (Phi) is 7.54. The maximum absolute atomic E-state index is 13.1. The fourth-order valence-corrected chi connectivity index (χ4v) is 5.05. The molecule has 0 radical (unpaired) electrons. The Labute approximate surface area is 172 Å². The number of esters is 2. The fraction of sp³-hybridized carbons (Fsp3) is 0.474. The van der Waals surface area contributed by atoms with E-state index < -0.39 is 28.4 Å². The Bertz CT molecular complexity index is 748. The summed E-state index contributed by atoms with van der Waals surface area (Å²) in [5.41, 5.74) is -1.20. The molecule has 1 aromatic rings. The van der Waals surface area contributed by atoms with Crippen molar-refractivity contribution in [2.24, 2.45) is 11.3 Å². The smallest absolute Gasteiger partial charge is 0.324 e. The Morgan fingerprint density at radius 2 is 1.75 bits per heavy atom. The summed E-state index contributed by atoms with van der Waals surface area (Å²) in [6.07, 6.45) is 0.152. The molecule has 0 spiro atoms. The molecule has 0 amide bonds.